The van der Waals surface area contributed by atoms with Crippen LogP contribution in [-0.2, 0) is 0 Å². The van der Waals surface area contributed by atoms with Crippen molar-refractivity contribution in [2.24, 2.45) is 0 Å². The molecule has 1 amide bonds. The third kappa shape index (κ3) is 2.62. The van der Waals surface area contributed by atoms with E-state index in [-0.39, 0.29) is 22.3 Å². The Balaban J connectivity index is 1.85. The van der Waals surface area contributed by atoms with E-state index in [9.17, 15) is 14.0 Å². The van der Waals surface area contributed by atoms with Crippen LogP contribution < -0.4 is 10.3 Å². The molecule has 3 heterocycles. The molecule has 1 aliphatic rings. The van der Waals surface area contributed by atoms with Gasteiger partial charge in [-0.15, -0.1) is 11.3 Å². The number of hydrogen-bond acceptors (Lipinski definition) is 5. The number of rotatable bonds is 2. The Bertz CT molecular complexity index is 1390. The smallest absolute Gasteiger partial charge is 0.297 e. The molecule has 2 aromatic heterocycles. The second kappa shape index (κ2) is 6.60. The van der Waals surface area contributed by atoms with E-state index in [4.69, 9.17) is 4.42 Å². The molecule has 0 fully saturated rings. The summed E-state index contributed by atoms with van der Waals surface area (Å²) in [4.78, 5) is 33.7. The van der Waals surface area contributed by atoms with Gasteiger partial charge in [0.1, 0.15) is 17.4 Å². The highest BCUT2D eigenvalue weighted by atomic mass is 32.1. The number of aromatic nitrogens is 1. The maximum Gasteiger partial charge on any atom is 0.297 e. The molecule has 4 aromatic rings. The Morgan fingerprint density at radius 1 is 1.10 bits per heavy atom. The zero-order valence-electron chi connectivity index (χ0n) is 16.5. The van der Waals surface area contributed by atoms with Crippen molar-refractivity contribution in [3.8, 4) is 0 Å². The molecular formula is C23H17FN2O3S. The molecule has 0 N–H and O–H groups in total. The Kier molecular flexibility index (Phi) is 4.11. The summed E-state index contributed by atoms with van der Waals surface area (Å²) in [7, 11) is 0. The Hall–Kier alpha value is -3.32. The van der Waals surface area contributed by atoms with Gasteiger partial charge < -0.3 is 4.42 Å². The number of fused-ring (bicyclic) bond motifs is 2. The normalized spacial score (nSPS) is 15.8. The number of thiazole rings is 1. The van der Waals surface area contributed by atoms with Gasteiger partial charge in [-0.25, -0.2) is 9.37 Å². The standard InChI is InChI=1S/C23H17FN2O3S/c1-11-8-9-17-15(10-11)20(27)18-19(14-6-4-5-7-16(14)24)26(22(28)21(18)29-17)23-25-12(2)13(3)30-23/h4-10,19H,1-3H3/t19-/m1/s1. The van der Waals surface area contributed by atoms with Crippen LogP contribution in [0.3, 0.4) is 0 Å². The van der Waals surface area contributed by atoms with Gasteiger partial charge in [0.15, 0.2) is 10.6 Å². The van der Waals surface area contributed by atoms with Gasteiger partial charge in [0, 0.05) is 10.4 Å². The average Bonchev–Trinajstić information content (AvgIpc) is 3.19. The Morgan fingerprint density at radius 3 is 2.57 bits per heavy atom. The third-order valence-electron chi connectivity index (χ3n) is 5.45. The van der Waals surface area contributed by atoms with E-state index in [0.29, 0.717) is 16.1 Å². The highest BCUT2D eigenvalue weighted by molar-refractivity contribution is 7.15. The van der Waals surface area contributed by atoms with Crippen LogP contribution in [0.4, 0.5) is 9.52 Å². The minimum Gasteiger partial charge on any atom is -0.450 e. The van der Waals surface area contributed by atoms with Crippen LogP contribution in [-0.4, -0.2) is 10.9 Å². The van der Waals surface area contributed by atoms with Gasteiger partial charge in [0.2, 0.25) is 5.76 Å². The topological polar surface area (TPSA) is 63.4 Å². The van der Waals surface area contributed by atoms with Crippen molar-refractivity contribution >= 4 is 33.3 Å². The highest BCUT2D eigenvalue weighted by Gasteiger charge is 2.45. The fourth-order valence-electron chi connectivity index (χ4n) is 3.83. The zero-order valence-corrected chi connectivity index (χ0v) is 17.3. The summed E-state index contributed by atoms with van der Waals surface area (Å²) in [6.45, 7) is 5.63. The highest BCUT2D eigenvalue weighted by Crippen LogP contribution is 2.43. The third-order valence-corrected chi connectivity index (χ3v) is 6.52. The molecule has 30 heavy (non-hydrogen) atoms. The van der Waals surface area contributed by atoms with Crippen molar-refractivity contribution in [3.63, 3.8) is 0 Å². The predicted octanol–water partition coefficient (Wildman–Crippen LogP) is 5.06. The van der Waals surface area contributed by atoms with E-state index < -0.39 is 17.8 Å². The summed E-state index contributed by atoms with van der Waals surface area (Å²) in [5, 5.41) is 0.783. The number of nitrogens with zero attached hydrogens (tertiary/aromatic N) is 2. The van der Waals surface area contributed by atoms with Crippen molar-refractivity contribution < 1.29 is 13.6 Å². The van der Waals surface area contributed by atoms with Crippen molar-refractivity contribution in [3.05, 3.63) is 91.5 Å². The van der Waals surface area contributed by atoms with E-state index in [1.807, 2.05) is 26.8 Å². The van der Waals surface area contributed by atoms with Crippen molar-refractivity contribution in [2.45, 2.75) is 26.8 Å². The SMILES string of the molecule is Cc1ccc2oc3c(c(=O)c2c1)[C@@H](c1ccccc1F)N(c1nc(C)c(C)s1)C3=O. The van der Waals surface area contributed by atoms with Gasteiger partial charge in [0.05, 0.1) is 16.6 Å². The summed E-state index contributed by atoms with van der Waals surface area (Å²) in [5.74, 6) is -1.05. The van der Waals surface area contributed by atoms with Crippen LogP contribution in [0.1, 0.15) is 43.9 Å². The van der Waals surface area contributed by atoms with E-state index >= 15 is 0 Å². The van der Waals surface area contributed by atoms with Crippen LogP contribution in [0.2, 0.25) is 0 Å². The number of aryl methyl sites for hydroxylation is 3. The number of benzene rings is 2. The maximum atomic E-state index is 14.9. The summed E-state index contributed by atoms with van der Waals surface area (Å²) < 4.78 is 20.8. The largest absolute Gasteiger partial charge is 0.450 e. The van der Waals surface area contributed by atoms with E-state index in [1.165, 1.54) is 22.3 Å². The molecule has 0 saturated heterocycles. The monoisotopic (exact) mass is 420 g/mol. The number of hydrogen-bond donors (Lipinski definition) is 0. The first-order valence-electron chi connectivity index (χ1n) is 9.46. The van der Waals surface area contributed by atoms with Crippen LogP contribution in [0.15, 0.2) is 51.7 Å². The van der Waals surface area contributed by atoms with Crippen LogP contribution >= 0.6 is 11.3 Å². The molecule has 150 valence electrons. The zero-order chi connectivity index (χ0) is 21.2. The molecule has 0 saturated carbocycles. The van der Waals surface area contributed by atoms with Gasteiger partial charge in [-0.3, -0.25) is 14.5 Å². The van der Waals surface area contributed by atoms with Crippen LogP contribution in [0, 0.1) is 26.6 Å². The number of halogens is 1. The summed E-state index contributed by atoms with van der Waals surface area (Å²) in [5.41, 5.74) is 2.06. The minimum absolute atomic E-state index is 0.0601. The fourth-order valence-corrected chi connectivity index (χ4v) is 4.77. The number of carbonyl (C=O) groups is 1. The molecule has 0 unspecified atom stereocenters. The van der Waals surface area contributed by atoms with Gasteiger partial charge in [0.25, 0.3) is 5.91 Å². The lowest BCUT2D eigenvalue weighted by Gasteiger charge is -2.22. The number of amides is 1. The quantitative estimate of drug-likeness (QED) is 0.455. The molecule has 0 bridgehead atoms. The maximum absolute atomic E-state index is 14.9. The Morgan fingerprint density at radius 2 is 1.87 bits per heavy atom. The second-order valence-electron chi connectivity index (χ2n) is 7.41. The van der Waals surface area contributed by atoms with Crippen molar-refractivity contribution in [2.75, 3.05) is 4.90 Å². The Labute approximate surface area is 175 Å². The molecule has 1 aliphatic heterocycles. The molecule has 0 radical (unpaired) electrons. The average molecular weight is 420 g/mol. The summed E-state index contributed by atoms with van der Waals surface area (Å²) in [6.07, 6.45) is 0. The van der Waals surface area contributed by atoms with E-state index in [0.717, 1.165) is 16.1 Å². The predicted molar refractivity (Wildman–Crippen MR) is 114 cm³/mol. The number of carbonyl (C=O) groups excluding carboxylic acids is 1. The van der Waals surface area contributed by atoms with E-state index in [1.54, 1.807) is 30.3 Å². The van der Waals surface area contributed by atoms with Crippen LogP contribution in [0.5, 0.6) is 0 Å². The molecule has 1 atom stereocenters. The molecule has 7 heteroatoms. The van der Waals surface area contributed by atoms with Gasteiger partial charge in [-0.05, 0) is 39.0 Å². The van der Waals surface area contributed by atoms with E-state index in [2.05, 4.69) is 4.98 Å². The first-order valence-corrected chi connectivity index (χ1v) is 10.3. The second-order valence-corrected chi connectivity index (χ2v) is 8.59. The molecule has 2 aromatic carbocycles. The first-order chi connectivity index (χ1) is 14.4. The molecule has 5 nitrogen and oxygen atoms in total. The lowest BCUT2D eigenvalue weighted by Crippen LogP contribution is -2.30. The van der Waals surface area contributed by atoms with Crippen molar-refractivity contribution in [1.82, 2.24) is 4.98 Å². The van der Waals surface area contributed by atoms with Gasteiger partial charge in [-0.1, -0.05) is 29.8 Å². The van der Waals surface area contributed by atoms with Gasteiger partial charge >= 0.3 is 0 Å². The molecule has 0 aliphatic carbocycles. The summed E-state index contributed by atoms with van der Waals surface area (Å²) >= 11 is 1.33. The van der Waals surface area contributed by atoms with Crippen LogP contribution in [0.25, 0.3) is 11.0 Å². The molecule has 5 rings (SSSR count). The minimum atomic E-state index is -0.945. The van der Waals surface area contributed by atoms with Gasteiger partial charge in [-0.2, -0.15) is 0 Å². The fraction of sp³-hybridized carbons (Fsp3) is 0.174. The lowest BCUT2D eigenvalue weighted by atomic mass is 9.98. The lowest BCUT2D eigenvalue weighted by molar-refractivity contribution is 0.0970. The molecular weight excluding hydrogens is 403 g/mol. The number of anilines is 1. The van der Waals surface area contributed by atoms with Crippen molar-refractivity contribution in [1.29, 1.82) is 0 Å². The first kappa shape index (κ1) is 18.7. The summed E-state index contributed by atoms with van der Waals surface area (Å²) in [6, 6.07) is 10.4. The molecule has 0 spiro atoms.